The quantitative estimate of drug-likeness (QED) is 0.719. The normalized spacial score (nSPS) is 16.7. The number of carbonyl (C=O) groups is 1. The molecule has 3 N–H and O–H groups in total. The van der Waals surface area contributed by atoms with Crippen molar-refractivity contribution in [3.05, 3.63) is 29.6 Å². The van der Waals surface area contributed by atoms with Crippen LogP contribution in [-0.4, -0.2) is 36.9 Å². The number of ether oxygens (including phenoxy) is 1. The van der Waals surface area contributed by atoms with E-state index in [9.17, 15) is 14.3 Å². The standard InChI is InChI=1S/C16H23FN2O3/c1-16(10-20,12-4-5-12)19-15(21)18-8-7-11-3-6-13(17)14(9-11)22-2/h3,6,9,12,20H,4-5,7-8,10H2,1-2H3,(H2,18,19,21). The van der Waals surface area contributed by atoms with Crippen molar-refractivity contribution in [2.75, 3.05) is 20.3 Å². The first-order valence-electron chi connectivity index (χ1n) is 7.48. The minimum atomic E-state index is -0.552. The van der Waals surface area contributed by atoms with Gasteiger partial charge in [0, 0.05) is 6.54 Å². The highest BCUT2D eigenvalue weighted by Crippen LogP contribution is 2.39. The van der Waals surface area contributed by atoms with E-state index in [4.69, 9.17) is 4.74 Å². The number of methoxy groups -OCH3 is 1. The van der Waals surface area contributed by atoms with Gasteiger partial charge in [0.05, 0.1) is 19.3 Å². The van der Waals surface area contributed by atoms with Crippen LogP contribution in [0.15, 0.2) is 18.2 Å². The predicted octanol–water partition coefficient (Wildman–Crippen LogP) is 1.84. The average Bonchev–Trinajstić information content (AvgIpc) is 3.34. The largest absolute Gasteiger partial charge is 0.494 e. The van der Waals surface area contributed by atoms with E-state index >= 15 is 0 Å². The molecule has 1 aliphatic carbocycles. The molecule has 1 aromatic carbocycles. The average molecular weight is 310 g/mol. The van der Waals surface area contributed by atoms with Gasteiger partial charge in [-0.3, -0.25) is 0 Å². The molecule has 122 valence electrons. The molecule has 1 aromatic rings. The molecule has 1 fully saturated rings. The second-order valence-corrected chi connectivity index (χ2v) is 5.95. The first-order chi connectivity index (χ1) is 10.5. The van der Waals surface area contributed by atoms with Gasteiger partial charge in [0.25, 0.3) is 0 Å². The Morgan fingerprint density at radius 2 is 2.23 bits per heavy atom. The number of aliphatic hydroxyl groups is 1. The van der Waals surface area contributed by atoms with Gasteiger partial charge in [0.2, 0.25) is 0 Å². The fourth-order valence-corrected chi connectivity index (χ4v) is 2.47. The van der Waals surface area contributed by atoms with Gasteiger partial charge in [-0.25, -0.2) is 9.18 Å². The van der Waals surface area contributed by atoms with Crippen molar-refractivity contribution in [2.45, 2.75) is 31.7 Å². The van der Waals surface area contributed by atoms with Crippen LogP contribution >= 0.6 is 0 Å². The number of hydrogen-bond donors (Lipinski definition) is 3. The number of amides is 2. The molecule has 0 spiro atoms. The third-order valence-electron chi connectivity index (χ3n) is 4.12. The Hall–Kier alpha value is -1.82. The van der Waals surface area contributed by atoms with Crippen molar-refractivity contribution < 1.29 is 19.0 Å². The first-order valence-corrected chi connectivity index (χ1v) is 7.48. The highest BCUT2D eigenvalue weighted by Gasteiger charge is 2.42. The van der Waals surface area contributed by atoms with Crippen LogP contribution in [0.1, 0.15) is 25.3 Å². The van der Waals surface area contributed by atoms with Crippen LogP contribution in [0, 0.1) is 11.7 Å². The zero-order valence-corrected chi connectivity index (χ0v) is 13.0. The summed E-state index contributed by atoms with van der Waals surface area (Å²) in [4.78, 5) is 11.9. The van der Waals surface area contributed by atoms with Gasteiger partial charge in [0.1, 0.15) is 0 Å². The minimum Gasteiger partial charge on any atom is -0.494 e. The van der Waals surface area contributed by atoms with Crippen molar-refractivity contribution in [3.8, 4) is 5.75 Å². The maximum absolute atomic E-state index is 13.3. The van der Waals surface area contributed by atoms with E-state index in [1.807, 2.05) is 6.92 Å². The van der Waals surface area contributed by atoms with Gasteiger partial charge in [-0.15, -0.1) is 0 Å². The second-order valence-electron chi connectivity index (χ2n) is 5.95. The smallest absolute Gasteiger partial charge is 0.315 e. The molecule has 0 aromatic heterocycles. The molecule has 2 amide bonds. The number of carbonyl (C=O) groups excluding carboxylic acids is 1. The number of hydrogen-bond acceptors (Lipinski definition) is 3. The lowest BCUT2D eigenvalue weighted by atomic mass is 9.97. The topological polar surface area (TPSA) is 70.6 Å². The lowest BCUT2D eigenvalue weighted by Crippen LogP contribution is -2.54. The molecule has 5 nitrogen and oxygen atoms in total. The molecule has 1 unspecified atom stereocenters. The zero-order chi connectivity index (χ0) is 16.2. The van der Waals surface area contributed by atoms with Crippen molar-refractivity contribution in [3.63, 3.8) is 0 Å². The summed E-state index contributed by atoms with van der Waals surface area (Å²) < 4.78 is 18.2. The molecule has 0 bridgehead atoms. The maximum atomic E-state index is 13.3. The summed E-state index contributed by atoms with van der Waals surface area (Å²) in [6.07, 6.45) is 2.64. The molecule has 0 radical (unpaired) electrons. The summed E-state index contributed by atoms with van der Waals surface area (Å²) in [5, 5.41) is 15.0. The molecular formula is C16H23FN2O3. The van der Waals surface area contributed by atoms with Gasteiger partial charge in [0.15, 0.2) is 11.6 Å². The summed E-state index contributed by atoms with van der Waals surface area (Å²) in [6, 6.07) is 4.35. The van der Waals surface area contributed by atoms with Crippen LogP contribution in [0.5, 0.6) is 5.75 Å². The second kappa shape index (κ2) is 6.96. The van der Waals surface area contributed by atoms with Crippen molar-refractivity contribution in [1.82, 2.24) is 10.6 Å². The fraction of sp³-hybridized carbons (Fsp3) is 0.562. The number of aliphatic hydroxyl groups excluding tert-OH is 1. The first kappa shape index (κ1) is 16.5. The highest BCUT2D eigenvalue weighted by molar-refractivity contribution is 5.74. The Kier molecular flexibility index (Phi) is 5.24. The van der Waals surface area contributed by atoms with E-state index in [-0.39, 0.29) is 18.4 Å². The summed E-state index contributed by atoms with van der Waals surface area (Å²) in [7, 11) is 1.42. The van der Waals surface area contributed by atoms with Crippen LogP contribution in [0.4, 0.5) is 9.18 Å². The van der Waals surface area contributed by atoms with E-state index < -0.39 is 11.4 Å². The molecule has 2 rings (SSSR count). The third kappa shape index (κ3) is 4.10. The summed E-state index contributed by atoms with van der Waals surface area (Å²) >= 11 is 0. The molecule has 22 heavy (non-hydrogen) atoms. The van der Waals surface area contributed by atoms with Crippen LogP contribution in [0.3, 0.4) is 0 Å². The SMILES string of the molecule is COc1cc(CCNC(=O)NC(C)(CO)C2CC2)ccc1F. The van der Waals surface area contributed by atoms with Crippen molar-refractivity contribution >= 4 is 6.03 Å². The Labute approximate surface area is 129 Å². The maximum Gasteiger partial charge on any atom is 0.315 e. The summed E-state index contributed by atoms with van der Waals surface area (Å²) in [5.74, 6) is 0.147. The van der Waals surface area contributed by atoms with Crippen molar-refractivity contribution in [1.29, 1.82) is 0 Å². The molecular weight excluding hydrogens is 287 g/mol. The molecule has 0 saturated heterocycles. The van der Waals surface area contributed by atoms with Gasteiger partial charge in [-0.2, -0.15) is 0 Å². The number of nitrogens with one attached hydrogen (secondary N) is 2. The zero-order valence-electron chi connectivity index (χ0n) is 13.0. The number of urea groups is 1. The van der Waals surface area contributed by atoms with E-state index in [1.165, 1.54) is 13.2 Å². The van der Waals surface area contributed by atoms with Crippen LogP contribution in [0.2, 0.25) is 0 Å². The molecule has 0 heterocycles. The summed E-state index contributed by atoms with van der Waals surface area (Å²) in [5.41, 5.74) is 0.328. The highest BCUT2D eigenvalue weighted by atomic mass is 19.1. The predicted molar refractivity (Wildman–Crippen MR) is 81.4 cm³/mol. The van der Waals surface area contributed by atoms with E-state index in [2.05, 4.69) is 10.6 Å². The van der Waals surface area contributed by atoms with Crippen LogP contribution in [-0.2, 0) is 6.42 Å². The van der Waals surface area contributed by atoms with Gasteiger partial charge >= 0.3 is 6.03 Å². The lowest BCUT2D eigenvalue weighted by Gasteiger charge is -2.28. The molecule has 1 atom stereocenters. The van der Waals surface area contributed by atoms with Crippen LogP contribution in [0.25, 0.3) is 0 Å². The molecule has 1 aliphatic rings. The minimum absolute atomic E-state index is 0.0692. The monoisotopic (exact) mass is 310 g/mol. The fourth-order valence-electron chi connectivity index (χ4n) is 2.47. The van der Waals surface area contributed by atoms with Gasteiger partial charge in [-0.1, -0.05) is 6.07 Å². The van der Waals surface area contributed by atoms with Gasteiger partial charge < -0.3 is 20.5 Å². The Balaban J connectivity index is 1.79. The van der Waals surface area contributed by atoms with E-state index in [1.54, 1.807) is 12.1 Å². The van der Waals surface area contributed by atoms with Gasteiger partial charge in [-0.05, 0) is 49.8 Å². The number of benzene rings is 1. The Morgan fingerprint density at radius 3 is 2.82 bits per heavy atom. The number of halogens is 1. The van der Waals surface area contributed by atoms with E-state index in [0.29, 0.717) is 18.9 Å². The Morgan fingerprint density at radius 1 is 1.50 bits per heavy atom. The van der Waals surface area contributed by atoms with Crippen LogP contribution < -0.4 is 15.4 Å². The lowest BCUT2D eigenvalue weighted by molar-refractivity contribution is 0.155. The Bertz CT molecular complexity index is 534. The third-order valence-corrected chi connectivity index (χ3v) is 4.12. The van der Waals surface area contributed by atoms with E-state index in [0.717, 1.165) is 18.4 Å². The molecule has 0 aliphatic heterocycles. The molecule has 1 saturated carbocycles. The number of rotatable bonds is 7. The van der Waals surface area contributed by atoms with Crippen molar-refractivity contribution in [2.24, 2.45) is 5.92 Å². The molecule has 6 heteroatoms. The summed E-state index contributed by atoms with van der Waals surface area (Å²) in [6.45, 7) is 2.21.